The first-order valence-corrected chi connectivity index (χ1v) is 7.02. The molecule has 1 N–H and O–H groups in total. The second-order valence-electron chi connectivity index (χ2n) is 4.52. The lowest BCUT2D eigenvalue weighted by atomic mass is 10.00. The quantitative estimate of drug-likeness (QED) is 0.382. The third-order valence-electron chi connectivity index (χ3n) is 2.97. The summed E-state index contributed by atoms with van der Waals surface area (Å²) in [4.78, 5) is 37.6. The number of carbonyl (C=O) groups excluding carboxylic acids is 3. The summed E-state index contributed by atoms with van der Waals surface area (Å²) in [6, 6.07) is 0. The van der Waals surface area contributed by atoms with Gasteiger partial charge in [-0.2, -0.15) is 0 Å². The molecule has 1 saturated heterocycles. The largest absolute Gasteiger partial charge is 0.465 e. The Morgan fingerprint density at radius 1 is 1.41 bits per heavy atom. The Morgan fingerprint density at radius 2 is 1.95 bits per heavy atom. The topological polar surface area (TPSA) is 102 Å². The molecule has 8 nitrogen and oxygen atoms in total. The van der Waals surface area contributed by atoms with E-state index in [2.05, 4.69) is 6.58 Å². The second-order valence-corrected chi connectivity index (χ2v) is 4.52. The lowest BCUT2D eigenvalue weighted by Crippen LogP contribution is -2.57. The number of nitrogens with zero attached hydrogens (tertiary/aromatic N) is 1. The van der Waals surface area contributed by atoms with Crippen LogP contribution in [0.25, 0.3) is 0 Å². The van der Waals surface area contributed by atoms with Crippen LogP contribution >= 0.6 is 0 Å². The Bertz CT molecular complexity index is 419. The number of ether oxygens (including phenoxy) is 3. The van der Waals surface area contributed by atoms with Gasteiger partial charge >= 0.3 is 11.9 Å². The highest BCUT2D eigenvalue weighted by Gasteiger charge is 2.47. The number of β-amino-alcohol motifs (C(OH)–C–C–N with tert-alkyl or cyclic N) is 1. The highest BCUT2D eigenvalue weighted by molar-refractivity contribution is 6.01. The molecule has 0 aromatic carbocycles. The molecule has 1 heterocycles. The van der Waals surface area contributed by atoms with Crippen molar-refractivity contribution < 1.29 is 33.7 Å². The predicted octanol–water partition coefficient (Wildman–Crippen LogP) is -0.539. The minimum absolute atomic E-state index is 0.0363. The standard InChI is InChI=1S/C14H21NO7/c1-4-7-15-8-9(16)22-11(12(15)17)10(13(18)20-5-2)14(19)21-6-3/h4,9-11,16H,1,5-8H2,2-3H3/t9-,11+/m0/s1. The molecule has 1 rings (SSSR count). The van der Waals surface area contributed by atoms with Crippen LogP contribution < -0.4 is 0 Å². The average Bonchev–Trinajstić information content (AvgIpc) is 2.45. The van der Waals surface area contributed by atoms with Crippen LogP contribution in [0.1, 0.15) is 13.8 Å². The number of morpholine rings is 1. The van der Waals surface area contributed by atoms with Gasteiger partial charge in [0.25, 0.3) is 5.91 Å². The maximum atomic E-state index is 12.3. The SMILES string of the molecule is C=CCN1C[C@@H](O)O[C@H](C(C(=O)OCC)C(=O)OCC)C1=O. The van der Waals surface area contributed by atoms with Gasteiger partial charge in [-0.15, -0.1) is 6.58 Å². The summed E-state index contributed by atoms with van der Waals surface area (Å²) < 4.78 is 14.7. The molecule has 0 bridgehead atoms. The number of aliphatic hydroxyl groups is 1. The zero-order valence-electron chi connectivity index (χ0n) is 12.7. The summed E-state index contributed by atoms with van der Waals surface area (Å²) in [5.74, 6) is -4.02. The van der Waals surface area contributed by atoms with Gasteiger partial charge in [0, 0.05) is 6.54 Å². The fourth-order valence-electron chi connectivity index (χ4n) is 2.08. The number of amides is 1. The monoisotopic (exact) mass is 315 g/mol. The van der Waals surface area contributed by atoms with Crippen molar-refractivity contribution in [1.29, 1.82) is 0 Å². The van der Waals surface area contributed by atoms with Crippen LogP contribution in [0.2, 0.25) is 0 Å². The Labute approximate surface area is 128 Å². The van der Waals surface area contributed by atoms with Crippen molar-refractivity contribution in [2.75, 3.05) is 26.3 Å². The van der Waals surface area contributed by atoms with Crippen molar-refractivity contribution in [2.24, 2.45) is 5.92 Å². The summed E-state index contributed by atoms with van der Waals surface area (Å²) in [6.07, 6.45) is -1.33. The molecule has 1 aliphatic heterocycles. The van der Waals surface area contributed by atoms with E-state index in [4.69, 9.17) is 14.2 Å². The molecular weight excluding hydrogens is 294 g/mol. The van der Waals surface area contributed by atoms with Gasteiger partial charge in [-0.3, -0.25) is 14.4 Å². The molecule has 0 saturated carbocycles. The van der Waals surface area contributed by atoms with Gasteiger partial charge in [-0.1, -0.05) is 6.08 Å². The second kappa shape index (κ2) is 8.50. The van der Waals surface area contributed by atoms with Gasteiger partial charge in [0.2, 0.25) is 0 Å². The van der Waals surface area contributed by atoms with Gasteiger partial charge in [-0.05, 0) is 13.8 Å². The first kappa shape index (κ1) is 18.1. The molecule has 2 atom stereocenters. The molecular formula is C14H21NO7. The predicted molar refractivity (Wildman–Crippen MR) is 74.4 cm³/mol. The maximum Gasteiger partial charge on any atom is 0.323 e. The minimum atomic E-state index is -1.57. The van der Waals surface area contributed by atoms with Crippen LogP contribution in [0.3, 0.4) is 0 Å². The van der Waals surface area contributed by atoms with E-state index in [-0.39, 0.29) is 26.3 Å². The van der Waals surface area contributed by atoms with Gasteiger partial charge < -0.3 is 24.2 Å². The Hall–Kier alpha value is -1.93. The highest BCUT2D eigenvalue weighted by Crippen LogP contribution is 2.21. The van der Waals surface area contributed by atoms with Crippen LogP contribution in [0.4, 0.5) is 0 Å². The average molecular weight is 315 g/mol. The number of carbonyl (C=O) groups is 3. The van der Waals surface area contributed by atoms with Crippen molar-refractivity contribution in [2.45, 2.75) is 26.2 Å². The van der Waals surface area contributed by atoms with Gasteiger partial charge in [0.15, 0.2) is 18.3 Å². The van der Waals surface area contributed by atoms with Crippen molar-refractivity contribution in [3.05, 3.63) is 12.7 Å². The molecule has 1 fully saturated rings. The number of esters is 2. The zero-order valence-corrected chi connectivity index (χ0v) is 12.7. The molecule has 0 spiro atoms. The first-order valence-electron chi connectivity index (χ1n) is 7.02. The fraction of sp³-hybridized carbons (Fsp3) is 0.643. The van der Waals surface area contributed by atoms with Gasteiger partial charge in [0.1, 0.15) is 0 Å². The van der Waals surface area contributed by atoms with Gasteiger partial charge in [-0.25, -0.2) is 0 Å². The number of hydrogen-bond donors (Lipinski definition) is 1. The molecule has 1 amide bonds. The van der Waals surface area contributed by atoms with E-state index >= 15 is 0 Å². The molecule has 124 valence electrons. The summed E-state index contributed by atoms with van der Waals surface area (Å²) in [5.41, 5.74) is 0. The lowest BCUT2D eigenvalue weighted by Gasteiger charge is -2.36. The van der Waals surface area contributed by atoms with E-state index in [0.717, 1.165) is 0 Å². The van der Waals surface area contributed by atoms with Crippen molar-refractivity contribution in [3.8, 4) is 0 Å². The number of rotatable bonds is 7. The summed E-state index contributed by atoms with van der Waals surface area (Å²) in [7, 11) is 0. The highest BCUT2D eigenvalue weighted by atomic mass is 16.6. The molecule has 0 aromatic rings. The molecule has 0 unspecified atom stereocenters. The minimum Gasteiger partial charge on any atom is -0.465 e. The smallest absolute Gasteiger partial charge is 0.323 e. The summed E-state index contributed by atoms with van der Waals surface area (Å²) in [6.45, 7) is 6.82. The first-order chi connectivity index (χ1) is 10.5. The zero-order chi connectivity index (χ0) is 16.7. The Balaban J connectivity index is 3.04. The van der Waals surface area contributed by atoms with Crippen molar-refractivity contribution in [3.63, 3.8) is 0 Å². The third-order valence-corrected chi connectivity index (χ3v) is 2.97. The van der Waals surface area contributed by atoms with E-state index in [1.54, 1.807) is 13.8 Å². The maximum absolute atomic E-state index is 12.3. The molecule has 1 aliphatic rings. The molecule has 22 heavy (non-hydrogen) atoms. The Kier molecular flexibility index (Phi) is 7.00. The van der Waals surface area contributed by atoms with E-state index in [0.29, 0.717) is 0 Å². The van der Waals surface area contributed by atoms with Gasteiger partial charge in [0.05, 0.1) is 19.8 Å². The molecule has 0 aliphatic carbocycles. The van der Waals surface area contributed by atoms with E-state index < -0.39 is 36.2 Å². The van der Waals surface area contributed by atoms with E-state index in [9.17, 15) is 19.5 Å². The molecule has 0 aromatic heterocycles. The third kappa shape index (κ3) is 4.28. The number of hydrogen-bond acceptors (Lipinski definition) is 7. The van der Waals surface area contributed by atoms with E-state index in [1.165, 1.54) is 11.0 Å². The lowest BCUT2D eigenvalue weighted by molar-refractivity contribution is -0.212. The number of aliphatic hydroxyl groups excluding tert-OH is 1. The fourth-order valence-corrected chi connectivity index (χ4v) is 2.08. The molecule has 8 heteroatoms. The van der Waals surface area contributed by atoms with Crippen molar-refractivity contribution >= 4 is 17.8 Å². The van der Waals surface area contributed by atoms with Crippen LogP contribution in [0, 0.1) is 5.92 Å². The van der Waals surface area contributed by atoms with Crippen LogP contribution in [-0.2, 0) is 28.6 Å². The molecule has 0 radical (unpaired) electrons. The van der Waals surface area contributed by atoms with Crippen LogP contribution in [-0.4, -0.2) is 66.5 Å². The van der Waals surface area contributed by atoms with Crippen LogP contribution in [0.5, 0.6) is 0 Å². The van der Waals surface area contributed by atoms with Crippen molar-refractivity contribution in [1.82, 2.24) is 4.90 Å². The van der Waals surface area contributed by atoms with Crippen LogP contribution in [0.15, 0.2) is 12.7 Å². The van der Waals surface area contributed by atoms with E-state index in [1.807, 2.05) is 0 Å². The Morgan fingerprint density at radius 3 is 2.41 bits per heavy atom. The normalized spacial score (nSPS) is 21.6. The summed E-state index contributed by atoms with van der Waals surface area (Å²) >= 11 is 0. The summed E-state index contributed by atoms with van der Waals surface area (Å²) in [5, 5.41) is 9.71.